The molecule has 74 valence electrons. The van der Waals surface area contributed by atoms with Gasteiger partial charge in [0, 0.05) is 17.5 Å². The van der Waals surface area contributed by atoms with Gasteiger partial charge in [-0.1, -0.05) is 24.3 Å². The van der Waals surface area contributed by atoms with Gasteiger partial charge in [0.2, 0.25) is 0 Å². The maximum atomic E-state index is 10.1. The average Bonchev–Trinajstić information content (AvgIpc) is 2.54. The number of benzene rings is 1. The van der Waals surface area contributed by atoms with Crippen molar-refractivity contribution in [2.24, 2.45) is 0 Å². The molecule has 0 radical (unpaired) electrons. The van der Waals surface area contributed by atoms with Crippen LogP contribution in [0, 0.1) is 6.92 Å². The van der Waals surface area contributed by atoms with Crippen LogP contribution in [0.25, 0.3) is 11.1 Å². The number of pyridine rings is 1. The van der Waals surface area contributed by atoms with Gasteiger partial charge in [0.1, 0.15) is 6.10 Å². The van der Waals surface area contributed by atoms with Crippen molar-refractivity contribution in [1.29, 1.82) is 0 Å². The number of fused-ring (bicyclic) bond motifs is 3. The zero-order chi connectivity index (χ0) is 10.4. The molecule has 1 heterocycles. The highest BCUT2D eigenvalue weighted by atomic mass is 16.3. The van der Waals surface area contributed by atoms with Gasteiger partial charge in [-0.3, -0.25) is 4.98 Å². The number of aliphatic hydroxyl groups excluding tert-OH is 1. The van der Waals surface area contributed by atoms with E-state index in [9.17, 15) is 5.11 Å². The fourth-order valence-corrected chi connectivity index (χ4v) is 2.17. The van der Waals surface area contributed by atoms with Crippen LogP contribution < -0.4 is 0 Å². The highest BCUT2D eigenvalue weighted by Crippen LogP contribution is 2.42. The van der Waals surface area contributed by atoms with Gasteiger partial charge in [-0.15, -0.1) is 0 Å². The third-order valence-corrected chi connectivity index (χ3v) is 2.91. The second-order valence-electron chi connectivity index (χ2n) is 3.90. The van der Waals surface area contributed by atoms with E-state index in [4.69, 9.17) is 0 Å². The number of rotatable bonds is 0. The Kier molecular flexibility index (Phi) is 1.67. The average molecular weight is 197 g/mol. The maximum Gasteiger partial charge on any atom is 0.107 e. The minimum atomic E-state index is -0.510. The second-order valence-corrected chi connectivity index (χ2v) is 3.90. The summed E-state index contributed by atoms with van der Waals surface area (Å²) in [6.07, 6.45) is 1.26. The van der Waals surface area contributed by atoms with Crippen molar-refractivity contribution in [3.05, 3.63) is 53.3 Å². The molecule has 1 aliphatic rings. The fourth-order valence-electron chi connectivity index (χ4n) is 2.17. The Morgan fingerprint density at radius 1 is 1.13 bits per heavy atom. The first kappa shape index (κ1) is 8.62. The van der Waals surface area contributed by atoms with Crippen molar-refractivity contribution < 1.29 is 5.11 Å². The molecule has 0 aliphatic heterocycles. The molecule has 1 atom stereocenters. The smallest absolute Gasteiger partial charge is 0.107 e. The predicted molar refractivity (Wildman–Crippen MR) is 58.5 cm³/mol. The molecule has 1 aliphatic carbocycles. The van der Waals surface area contributed by atoms with Gasteiger partial charge in [0.05, 0.1) is 0 Å². The van der Waals surface area contributed by atoms with E-state index in [1.165, 1.54) is 0 Å². The van der Waals surface area contributed by atoms with Crippen molar-refractivity contribution in [1.82, 2.24) is 4.98 Å². The van der Waals surface area contributed by atoms with Gasteiger partial charge in [0.25, 0.3) is 0 Å². The Labute approximate surface area is 88.2 Å². The molecule has 0 spiro atoms. The normalized spacial score (nSPS) is 17.3. The van der Waals surface area contributed by atoms with Crippen LogP contribution in [0.15, 0.2) is 36.5 Å². The molecule has 0 amide bonds. The summed E-state index contributed by atoms with van der Waals surface area (Å²) in [4.78, 5) is 4.22. The van der Waals surface area contributed by atoms with E-state index < -0.39 is 6.10 Å². The molecule has 1 N–H and O–H groups in total. The van der Waals surface area contributed by atoms with E-state index in [-0.39, 0.29) is 0 Å². The van der Waals surface area contributed by atoms with E-state index in [0.29, 0.717) is 0 Å². The fraction of sp³-hybridized carbons (Fsp3) is 0.154. The SMILES string of the molecule is Cc1cc2c(cn1)C(O)c1ccccc1-2. The van der Waals surface area contributed by atoms with Crippen LogP contribution in [0.5, 0.6) is 0 Å². The van der Waals surface area contributed by atoms with E-state index >= 15 is 0 Å². The number of hydrogen-bond donors (Lipinski definition) is 1. The Morgan fingerprint density at radius 3 is 2.80 bits per heavy atom. The summed E-state index contributed by atoms with van der Waals surface area (Å²) in [5.74, 6) is 0. The monoisotopic (exact) mass is 197 g/mol. The summed E-state index contributed by atoms with van der Waals surface area (Å²) >= 11 is 0. The van der Waals surface area contributed by atoms with Gasteiger partial charge in [-0.2, -0.15) is 0 Å². The summed E-state index contributed by atoms with van der Waals surface area (Å²) in [6.45, 7) is 1.97. The summed E-state index contributed by atoms with van der Waals surface area (Å²) in [7, 11) is 0. The van der Waals surface area contributed by atoms with Crippen LogP contribution >= 0.6 is 0 Å². The molecular formula is C13H11NO. The minimum absolute atomic E-state index is 0.510. The topological polar surface area (TPSA) is 33.1 Å². The quantitative estimate of drug-likeness (QED) is 0.703. The van der Waals surface area contributed by atoms with Crippen LogP contribution in [0.3, 0.4) is 0 Å². The van der Waals surface area contributed by atoms with Crippen molar-refractivity contribution in [3.8, 4) is 11.1 Å². The van der Waals surface area contributed by atoms with E-state index in [0.717, 1.165) is 27.9 Å². The van der Waals surface area contributed by atoms with Crippen LogP contribution in [0.1, 0.15) is 22.9 Å². The molecule has 0 bridgehead atoms. The lowest BCUT2D eigenvalue weighted by Crippen LogP contribution is -1.94. The largest absolute Gasteiger partial charge is 0.384 e. The molecule has 0 saturated carbocycles. The number of hydrogen-bond acceptors (Lipinski definition) is 2. The molecule has 0 fully saturated rings. The number of aryl methyl sites for hydroxylation is 1. The van der Waals surface area contributed by atoms with Crippen LogP contribution in [0.2, 0.25) is 0 Å². The first-order valence-corrected chi connectivity index (χ1v) is 5.01. The molecular weight excluding hydrogens is 186 g/mol. The summed E-state index contributed by atoms with van der Waals surface area (Å²) < 4.78 is 0. The summed E-state index contributed by atoms with van der Waals surface area (Å²) in [5.41, 5.74) is 5.13. The lowest BCUT2D eigenvalue weighted by Gasteiger charge is -2.03. The second kappa shape index (κ2) is 2.91. The molecule has 2 aromatic rings. The Balaban J connectivity index is 2.34. The van der Waals surface area contributed by atoms with Gasteiger partial charge in [0.15, 0.2) is 0 Å². The van der Waals surface area contributed by atoms with Crippen LogP contribution in [-0.4, -0.2) is 10.1 Å². The molecule has 1 aromatic heterocycles. The minimum Gasteiger partial charge on any atom is -0.384 e. The standard InChI is InChI=1S/C13H11NO/c1-8-6-11-9-4-2-3-5-10(9)13(15)12(11)7-14-8/h2-7,13,15H,1H3. The van der Waals surface area contributed by atoms with Gasteiger partial charge < -0.3 is 5.11 Å². The predicted octanol–water partition coefficient (Wildman–Crippen LogP) is 2.45. The van der Waals surface area contributed by atoms with Crippen molar-refractivity contribution in [3.63, 3.8) is 0 Å². The lowest BCUT2D eigenvalue weighted by atomic mass is 10.1. The number of aliphatic hydroxyl groups is 1. The van der Waals surface area contributed by atoms with E-state index in [2.05, 4.69) is 4.98 Å². The number of nitrogens with zero attached hydrogens (tertiary/aromatic N) is 1. The highest BCUT2D eigenvalue weighted by molar-refractivity contribution is 5.77. The first-order valence-electron chi connectivity index (χ1n) is 5.01. The van der Waals surface area contributed by atoms with Crippen molar-refractivity contribution in [2.45, 2.75) is 13.0 Å². The third-order valence-electron chi connectivity index (χ3n) is 2.91. The summed E-state index contributed by atoms with van der Waals surface area (Å²) in [5, 5.41) is 10.1. The number of aromatic nitrogens is 1. The first-order chi connectivity index (χ1) is 7.27. The Morgan fingerprint density at radius 2 is 1.93 bits per heavy atom. The molecule has 2 heteroatoms. The van der Waals surface area contributed by atoms with Crippen molar-refractivity contribution in [2.75, 3.05) is 0 Å². The van der Waals surface area contributed by atoms with E-state index in [1.54, 1.807) is 6.20 Å². The van der Waals surface area contributed by atoms with Gasteiger partial charge >= 0.3 is 0 Å². The highest BCUT2D eigenvalue weighted by Gasteiger charge is 2.26. The van der Waals surface area contributed by atoms with Gasteiger partial charge in [-0.05, 0) is 29.7 Å². The molecule has 1 aromatic carbocycles. The molecule has 3 rings (SSSR count). The van der Waals surface area contributed by atoms with Crippen LogP contribution in [-0.2, 0) is 0 Å². The molecule has 0 saturated heterocycles. The Hall–Kier alpha value is -1.67. The zero-order valence-electron chi connectivity index (χ0n) is 8.44. The summed E-state index contributed by atoms with van der Waals surface area (Å²) in [6, 6.07) is 9.99. The van der Waals surface area contributed by atoms with Crippen molar-refractivity contribution >= 4 is 0 Å². The zero-order valence-corrected chi connectivity index (χ0v) is 8.44. The molecule has 15 heavy (non-hydrogen) atoms. The molecule has 2 nitrogen and oxygen atoms in total. The van der Waals surface area contributed by atoms with Crippen LogP contribution in [0.4, 0.5) is 0 Å². The lowest BCUT2D eigenvalue weighted by molar-refractivity contribution is 0.225. The Bertz CT molecular complexity index is 534. The molecule has 1 unspecified atom stereocenters. The van der Waals surface area contributed by atoms with E-state index in [1.807, 2.05) is 37.3 Å². The third kappa shape index (κ3) is 1.12. The maximum absolute atomic E-state index is 10.1. The van der Waals surface area contributed by atoms with Gasteiger partial charge in [-0.25, -0.2) is 0 Å².